The fraction of sp³-hybridized carbons (Fsp3) is 0.600. The van der Waals surface area contributed by atoms with E-state index in [0.717, 1.165) is 12.8 Å². The summed E-state index contributed by atoms with van der Waals surface area (Å²) >= 11 is 0. The molecule has 2 heteroatoms. The van der Waals surface area contributed by atoms with Gasteiger partial charge in [0.05, 0.1) is 0 Å². The molecule has 0 bridgehead atoms. The molecule has 0 saturated carbocycles. The summed E-state index contributed by atoms with van der Waals surface area (Å²) < 4.78 is 0. The largest absolute Gasteiger partial charge is 0.378 e. The zero-order chi connectivity index (χ0) is 12.7. The Hall–Kier alpha value is -1.02. The van der Waals surface area contributed by atoms with Crippen LogP contribution >= 0.6 is 0 Å². The van der Waals surface area contributed by atoms with Crippen molar-refractivity contribution < 1.29 is 0 Å². The molecule has 17 heavy (non-hydrogen) atoms. The van der Waals surface area contributed by atoms with E-state index >= 15 is 0 Å². The molecule has 0 amide bonds. The Bertz CT molecular complexity index is 329. The molecule has 2 nitrogen and oxygen atoms in total. The zero-order valence-electron chi connectivity index (χ0n) is 11.4. The second-order valence-corrected chi connectivity index (χ2v) is 4.94. The van der Waals surface area contributed by atoms with Gasteiger partial charge in [-0.1, -0.05) is 38.8 Å². The molecule has 0 aliphatic heterocycles. The summed E-state index contributed by atoms with van der Waals surface area (Å²) in [7, 11) is 0. The normalized spacial score (nSPS) is 14.4. The van der Waals surface area contributed by atoms with E-state index in [1.165, 1.54) is 24.1 Å². The van der Waals surface area contributed by atoms with E-state index in [0.29, 0.717) is 6.54 Å². The van der Waals surface area contributed by atoms with Crippen molar-refractivity contribution in [3.63, 3.8) is 0 Å². The summed E-state index contributed by atoms with van der Waals surface area (Å²) in [6.07, 6.45) is 4.66. The van der Waals surface area contributed by atoms with Gasteiger partial charge in [0.1, 0.15) is 0 Å². The predicted octanol–water partition coefficient (Wildman–Crippen LogP) is 3.70. The van der Waals surface area contributed by atoms with Crippen LogP contribution in [0.2, 0.25) is 0 Å². The summed E-state index contributed by atoms with van der Waals surface area (Å²) in [5.41, 5.74) is 8.51. The third kappa shape index (κ3) is 4.04. The molecule has 1 rings (SSSR count). The van der Waals surface area contributed by atoms with Gasteiger partial charge >= 0.3 is 0 Å². The number of anilines is 1. The van der Waals surface area contributed by atoms with Crippen LogP contribution in [0.1, 0.15) is 45.1 Å². The second-order valence-electron chi connectivity index (χ2n) is 4.94. The van der Waals surface area contributed by atoms with E-state index in [2.05, 4.69) is 50.4 Å². The summed E-state index contributed by atoms with van der Waals surface area (Å²) in [5, 5.41) is 3.64. The average Bonchev–Trinajstić information content (AvgIpc) is 2.35. The van der Waals surface area contributed by atoms with E-state index in [1.54, 1.807) is 0 Å². The van der Waals surface area contributed by atoms with Crippen LogP contribution in [0.4, 0.5) is 5.69 Å². The molecule has 0 aliphatic carbocycles. The van der Waals surface area contributed by atoms with Gasteiger partial charge in [-0.25, -0.2) is 0 Å². The van der Waals surface area contributed by atoms with Crippen LogP contribution in [0, 0.1) is 6.92 Å². The minimum absolute atomic E-state index is 0.0593. The van der Waals surface area contributed by atoms with Gasteiger partial charge in [-0.05, 0) is 37.5 Å². The number of hydrogen-bond donors (Lipinski definition) is 2. The van der Waals surface area contributed by atoms with Crippen molar-refractivity contribution in [3.8, 4) is 0 Å². The highest BCUT2D eigenvalue weighted by Gasteiger charge is 2.25. The quantitative estimate of drug-likeness (QED) is 0.755. The summed E-state index contributed by atoms with van der Waals surface area (Å²) in [6.45, 7) is 7.25. The number of aryl methyl sites for hydroxylation is 1. The molecule has 0 radical (unpaired) electrons. The van der Waals surface area contributed by atoms with Crippen molar-refractivity contribution in [2.24, 2.45) is 5.73 Å². The van der Waals surface area contributed by atoms with Gasteiger partial charge in [0, 0.05) is 17.8 Å². The molecule has 0 heterocycles. The molecule has 0 aliphatic rings. The Morgan fingerprint density at radius 2 is 2.06 bits per heavy atom. The molecule has 1 unspecified atom stereocenters. The van der Waals surface area contributed by atoms with Crippen LogP contribution in [0.5, 0.6) is 0 Å². The third-order valence-corrected chi connectivity index (χ3v) is 3.50. The van der Waals surface area contributed by atoms with Crippen LogP contribution in [0.15, 0.2) is 24.3 Å². The summed E-state index contributed by atoms with van der Waals surface area (Å²) in [6, 6.07) is 8.52. The average molecular weight is 234 g/mol. The highest BCUT2D eigenvalue weighted by molar-refractivity contribution is 5.47. The van der Waals surface area contributed by atoms with Crippen molar-refractivity contribution in [2.75, 3.05) is 11.9 Å². The van der Waals surface area contributed by atoms with Crippen LogP contribution in [0.3, 0.4) is 0 Å². The minimum atomic E-state index is 0.0593. The van der Waals surface area contributed by atoms with Crippen LogP contribution < -0.4 is 11.1 Å². The zero-order valence-corrected chi connectivity index (χ0v) is 11.4. The van der Waals surface area contributed by atoms with E-state index in [-0.39, 0.29) is 5.54 Å². The highest BCUT2D eigenvalue weighted by atomic mass is 15.0. The maximum atomic E-state index is 5.98. The second kappa shape index (κ2) is 6.65. The topological polar surface area (TPSA) is 38.0 Å². The van der Waals surface area contributed by atoms with Crippen molar-refractivity contribution in [2.45, 2.75) is 52.0 Å². The van der Waals surface area contributed by atoms with Gasteiger partial charge in [-0.2, -0.15) is 0 Å². The van der Waals surface area contributed by atoms with E-state index in [9.17, 15) is 0 Å². The lowest BCUT2D eigenvalue weighted by atomic mass is 9.89. The summed E-state index contributed by atoms with van der Waals surface area (Å²) in [4.78, 5) is 0. The van der Waals surface area contributed by atoms with Crippen LogP contribution in [0.25, 0.3) is 0 Å². The smallest absolute Gasteiger partial charge is 0.0493 e. The van der Waals surface area contributed by atoms with Gasteiger partial charge in [0.25, 0.3) is 0 Å². The van der Waals surface area contributed by atoms with Gasteiger partial charge in [-0.15, -0.1) is 0 Å². The lowest BCUT2D eigenvalue weighted by Gasteiger charge is -2.34. The van der Waals surface area contributed by atoms with Crippen LogP contribution in [-0.2, 0) is 0 Å². The maximum Gasteiger partial charge on any atom is 0.0493 e. The van der Waals surface area contributed by atoms with Crippen LogP contribution in [-0.4, -0.2) is 12.1 Å². The Balaban J connectivity index is 2.78. The Labute approximate surface area is 106 Å². The highest BCUT2D eigenvalue weighted by Crippen LogP contribution is 2.24. The van der Waals surface area contributed by atoms with E-state index in [4.69, 9.17) is 5.73 Å². The monoisotopic (exact) mass is 234 g/mol. The first-order chi connectivity index (χ1) is 8.15. The lowest BCUT2D eigenvalue weighted by molar-refractivity contribution is 0.411. The van der Waals surface area contributed by atoms with E-state index in [1.807, 2.05) is 0 Å². The molecule has 0 fully saturated rings. The fourth-order valence-electron chi connectivity index (χ4n) is 2.17. The third-order valence-electron chi connectivity index (χ3n) is 3.50. The Kier molecular flexibility index (Phi) is 5.49. The van der Waals surface area contributed by atoms with Gasteiger partial charge in [-0.3, -0.25) is 0 Å². The predicted molar refractivity (Wildman–Crippen MR) is 76.4 cm³/mol. The Morgan fingerprint density at radius 3 is 2.59 bits per heavy atom. The van der Waals surface area contributed by atoms with Gasteiger partial charge in [0.2, 0.25) is 0 Å². The number of hydrogen-bond acceptors (Lipinski definition) is 2. The standard InChI is InChI=1S/C15H26N2/c1-4-6-10-15(5-2,12-16)17-14-9-7-8-13(3)11-14/h7-9,11,17H,4-6,10,12,16H2,1-3H3. The molecule has 1 aromatic carbocycles. The minimum Gasteiger partial charge on any atom is -0.378 e. The molecule has 96 valence electrons. The van der Waals surface area contributed by atoms with Crippen molar-refractivity contribution in [1.29, 1.82) is 0 Å². The first kappa shape index (κ1) is 14.0. The number of nitrogens with one attached hydrogen (secondary N) is 1. The molecule has 0 spiro atoms. The first-order valence-corrected chi connectivity index (χ1v) is 6.70. The molecule has 0 saturated heterocycles. The number of unbranched alkanes of at least 4 members (excludes halogenated alkanes) is 1. The van der Waals surface area contributed by atoms with Crippen molar-refractivity contribution >= 4 is 5.69 Å². The molecule has 0 aromatic heterocycles. The molecule has 3 N–H and O–H groups in total. The summed E-state index contributed by atoms with van der Waals surface area (Å²) in [5.74, 6) is 0. The van der Waals surface area contributed by atoms with Crippen molar-refractivity contribution in [1.82, 2.24) is 0 Å². The number of benzene rings is 1. The number of nitrogens with two attached hydrogens (primary N) is 1. The Morgan fingerprint density at radius 1 is 1.29 bits per heavy atom. The number of rotatable bonds is 7. The fourth-order valence-corrected chi connectivity index (χ4v) is 2.17. The molecule has 1 aromatic rings. The van der Waals surface area contributed by atoms with Gasteiger partial charge in [0.15, 0.2) is 0 Å². The van der Waals surface area contributed by atoms with E-state index < -0.39 is 0 Å². The maximum absolute atomic E-state index is 5.98. The molecule has 1 atom stereocenters. The van der Waals surface area contributed by atoms with Gasteiger partial charge < -0.3 is 11.1 Å². The molecular formula is C15H26N2. The molecular weight excluding hydrogens is 208 g/mol. The SMILES string of the molecule is CCCCC(CC)(CN)Nc1cccc(C)c1. The first-order valence-electron chi connectivity index (χ1n) is 6.70. The lowest BCUT2D eigenvalue weighted by Crippen LogP contribution is -2.45. The van der Waals surface area contributed by atoms with Crippen molar-refractivity contribution in [3.05, 3.63) is 29.8 Å².